The summed E-state index contributed by atoms with van der Waals surface area (Å²) >= 11 is 1.84. The van der Waals surface area contributed by atoms with Gasteiger partial charge < -0.3 is 0 Å². The zero-order chi connectivity index (χ0) is 9.97. The fourth-order valence-corrected chi connectivity index (χ4v) is 2.98. The molecule has 2 heteroatoms. The summed E-state index contributed by atoms with van der Waals surface area (Å²) in [6.07, 6.45) is 8.66. The Kier molecular flexibility index (Phi) is 2.82. The zero-order valence-corrected chi connectivity index (χ0v) is 9.19. The van der Waals surface area contributed by atoms with Crippen LogP contribution in [0.25, 0.3) is 6.08 Å². The first kappa shape index (κ1) is 9.66. The quantitative estimate of drug-likeness (QED) is 0.679. The second-order valence-electron chi connectivity index (χ2n) is 3.74. The highest BCUT2D eigenvalue weighted by Crippen LogP contribution is 2.30. The van der Waals surface area contributed by atoms with Gasteiger partial charge >= 0.3 is 0 Å². The van der Waals surface area contributed by atoms with Gasteiger partial charge in [0.05, 0.1) is 0 Å². The molecule has 0 atom stereocenters. The molecule has 0 saturated carbocycles. The summed E-state index contributed by atoms with van der Waals surface area (Å²) in [6, 6.07) is 0. The van der Waals surface area contributed by atoms with Gasteiger partial charge in [0.25, 0.3) is 0 Å². The van der Waals surface area contributed by atoms with Crippen molar-refractivity contribution in [2.24, 2.45) is 0 Å². The summed E-state index contributed by atoms with van der Waals surface area (Å²) in [5, 5.41) is 2.18. The van der Waals surface area contributed by atoms with Gasteiger partial charge in [-0.15, -0.1) is 11.3 Å². The number of allylic oxidation sites excluding steroid dienone is 1. The molecule has 0 N–H and O–H groups in total. The van der Waals surface area contributed by atoms with Crippen LogP contribution in [-0.4, -0.2) is 5.78 Å². The third-order valence-corrected chi connectivity index (χ3v) is 3.70. The standard InChI is InChI=1S/C12H14OS/c1-9(13)6-7-10-8-14-12-5-3-2-4-11(10)12/h6-8H,2-5H2,1H3/b7-6+. The van der Waals surface area contributed by atoms with Crippen LogP contribution in [-0.2, 0) is 17.6 Å². The van der Waals surface area contributed by atoms with Gasteiger partial charge in [0.15, 0.2) is 5.78 Å². The van der Waals surface area contributed by atoms with E-state index in [4.69, 9.17) is 0 Å². The number of carbonyl (C=O) groups excluding carboxylic acids is 1. The predicted molar refractivity (Wildman–Crippen MR) is 60.7 cm³/mol. The Balaban J connectivity index is 2.26. The molecule has 0 unspecified atom stereocenters. The summed E-state index contributed by atoms with van der Waals surface area (Å²) in [5.41, 5.74) is 2.75. The monoisotopic (exact) mass is 206 g/mol. The van der Waals surface area contributed by atoms with E-state index in [0.29, 0.717) is 0 Å². The summed E-state index contributed by atoms with van der Waals surface area (Å²) in [5.74, 6) is 0.126. The minimum atomic E-state index is 0.126. The molecule has 74 valence electrons. The number of hydrogen-bond acceptors (Lipinski definition) is 2. The molecule has 1 aliphatic rings. The Labute approximate surface area is 88.5 Å². The van der Waals surface area contributed by atoms with E-state index in [0.717, 1.165) is 0 Å². The van der Waals surface area contributed by atoms with E-state index in [2.05, 4.69) is 5.38 Å². The highest BCUT2D eigenvalue weighted by molar-refractivity contribution is 7.10. The van der Waals surface area contributed by atoms with Crippen LogP contribution in [0.15, 0.2) is 11.5 Å². The number of rotatable bonds is 2. The molecule has 1 aromatic heterocycles. The van der Waals surface area contributed by atoms with Crippen molar-refractivity contribution >= 4 is 23.2 Å². The van der Waals surface area contributed by atoms with Gasteiger partial charge in [-0.2, -0.15) is 0 Å². The molecule has 0 radical (unpaired) electrons. The minimum absolute atomic E-state index is 0.126. The van der Waals surface area contributed by atoms with Crippen molar-refractivity contribution in [2.75, 3.05) is 0 Å². The zero-order valence-electron chi connectivity index (χ0n) is 8.38. The van der Waals surface area contributed by atoms with Crippen molar-refractivity contribution in [3.63, 3.8) is 0 Å². The molecule has 0 amide bonds. The van der Waals surface area contributed by atoms with Crippen LogP contribution in [0.1, 0.15) is 35.8 Å². The summed E-state index contributed by atoms with van der Waals surface area (Å²) in [4.78, 5) is 12.4. The van der Waals surface area contributed by atoms with Crippen LogP contribution in [0.3, 0.4) is 0 Å². The van der Waals surface area contributed by atoms with Crippen LogP contribution in [0.2, 0.25) is 0 Å². The molecular weight excluding hydrogens is 192 g/mol. The predicted octanol–water partition coefficient (Wildman–Crippen LogP) is 3.23. The largest absolute Gasteiger partial charge is 0.295 e. The Hall–Kier alpha value is -0.890. The van der Waals surface area contributed by atoms with Gasteiger partial charge in [-0.05, 0) is 55.2 Å². The number of aryl methyl sites for hydroxylation is 1. The summed E-state index contributed by atoms with van der Waals surface area (Å²) in [7, 11) is 0. The number of carbonyl (C=O) groups is 1. The van der Waals surface area contributed by atoms with Gasteiger partial charge in [-0.3, -0.25) is 4.79 Å². The third kappa shape index (κ3) is 1.95. The lowest BCUT2D eigenvalue weighted by Crippen LogP contribution is -1.99. The van der Waals surface area contributed by atoms with E-state index in [9.17, 15) is 4.79 Å². The van der Waals surface area contributed by atoms with E-state index in [1.807, 2.05) is 17.4 Å². The smallest absolute Gasteiger partial charge is 0.152 e. The van der Waals surface area contributed by atoms with Gasteiger partial charge in [0.1, 0.15) is 0 Å². The Morgan fingerprint density at radius 3 is 3.00 bits per heavy atom. The molecule has 0 bridgehead atoms. The first-order valence-corrected chi connectivity index (χ1v) is 5.93. The normalized spacial score (nSPS) is 15.8. The Bertz CT molecular complexity index is 374. The lowest BCUT2D eigenvalue weighted by Gasteiger charge is -2.10. The van der Waals surface area contributed by atoms with Gasteiger partial charge in [-0.25, -0.2) is 0 Å². The lowest BCUT2D eigenvalue weighted by atomic mass is 9.96. The first-order valence-electron chi connectivity index (χ1n) is 5.05. The van der Waals surface area contributed by atoms with Gasteiger partial charge in [0, 0.05) is 4.88 Å². The number of fused-ring (bicyclic) bond motifs is 1. The molecule has 1 heterocycles. The molecule has 0 saturated heterocycles. The maximum absolute atomic E-state index is 10.8. The van der Waals surface area contributed by atoms with Crippen LogP contribution < -0.4 is 0 Å². The molecule has 2 rings (SSSR count). The molecule has 0 aromatic carbocycles. The number of thiophene rings is 1. The van der Waals surface area contributed by atoms with Crippen LogP contribution in [0.5, 0.6) is 0 Å². The maximum Gasteiger partial charge on any atom is 0.152 e. The van der Waals surface area contributed by atoms with E-state index in [1.165, 1.54) is 41.7 Å². The Morgan fingerprint density at radius 1 is 1.43 bits per heavy atom. The van der Waals surface area contributed by atoms with Crippen molar-refractivity contribution in [3.8, 4) is 0 Å². The number of hydrogen-bond donors (Lipinski definition) is 0. The molecule has 14 heavy (non-hydrogen) atoms. The van der Waals surface area contributed by atoms with Crippen LogP contribution >= 0.6 is 11.3 Å². The molecule has 1 nitrogen and oxygen atoms in total. The van der Waals surface area contributed by atoms with Crippen molar-refractivity contribution in [3.05, 3.63) is 27.5 Å². The SMILES string of the molecule is CC(=O)/C=C/c1csc2c1CCCC2. The van der Waals surface area contributed by atoms with Gasteiger partial charge in [0.2, 0.25) is 0 Å². The Morgan fingerprint density at radius 2 is 2.21 bits per heavy atom. The summed E-state index contributed by atoms with van der Waals surface area (Å²) in [6.45, 7) is 1.59. The molecule has 0 fully saturated rings. The molecule has 0 spiro atoms. The lowest BCUT2D eigenvalue weighted by molar-refractivity contribution is -0.112. The van der Waals surface area contributed by atoms with E-state index in [1.54, 1.807) is 13.0 Å². The van der Waals surface area contributed by atoms with E-state index >= 15 is 0 Å². The fourth-order valence-electron chi connectivity index (χ4n) is 1.87. The van der Waals surface area contributed by atoms with Crippen LogP contribution in [0, 0.1) is 0 Å². The fraction of sp³-hybridized carbons (Fsp3) is 0.417. The van der Waals surface area contributed by atoms with Crippen molar-refractivity contribution < 1.29 is 4.79 Å². The highest BCUT2D eigenvalue weighted by atomic mass is 32.1. The van der Waals surface area contributed by atoms with Crippen molar-refractivity contribution in [1.29, 1.82) is 0 Å². The second kappa shape index (κ2) is 4.09. The molecular formula is C12H14OS. The average Bonchev–Trinajstić information content (AvgIpc) is 2.58. The van der Waals surface area contributed by atoms with Crippen LogP contribution in [0.4, 0.5) is 0 Å². The molecule has 1 aromatic rings. The topological polar surface area (TPSA) is 17.1 Å². The minimum Gasteiger partial charge on any atom is -0.295 e. The third-order valence-electron chi connectivity index (χ3n) is 2.59. The van der Waals surface area contributed by atoms with Crippen molar-refractivity contribution in [2.45, 2.75) is 32.6 Å². The van der Waals surface area contributed by atoms with Crippen molar-refractivity contribution in [1.82, 2.24) is 0 Å². The second-order valence-corrected chi connectivity index (χ2v) is 4.71. The van der Waals surface area contributed by atoms with Gasteiger partial charge in [-0.1, -0.05) is 6.08 Å². The molecule has 0 aliphatic heterocycles. The average molecular weight is 206 g/mol. The number of ketones is 1. The van der Waals surface area contributed by atoms with E-state index < -0.39 is 0 Å². The van der Waals surface area contributed by atoms with E-state index in [-0.39, 0.29) is 5.78 Å². The maximum atomic E-state index is 10.8. The highest BCUT2D eigenvalue weighted by Gasteiger charge is 2.13. The molecule has 1 aliphatic carbocycles. The first-order chi connectivity index (χ1) is 6.77. The summed E-state index contributed by atoms with van der Waals surface area (Å²) < 4.78 is 0.